The first kappa shape index (κ1) is 13.9. The molecule has 0 saturated carbocycles. The number of aromatic nitrogens is 1. The molecule has 19 heavy (non-hydrogen) atoms. The third kappa shape index (κ3) is 3.72. The van der Waals surface area contributed by atoms with E-state index >= 15 is 0 Å². The van der Waals surface area contributed by atoms with Gasteiger partial charge in [0.25, 0.3) is 0 Å². The number of hydrogen-bond acceptors (Lipinski definition) is 5. The molecule has 9 heteroatoms. The van der Waals surface area contributed by atoms with Crippen molar-refractivity contribution >= 4 is 22.6 Å². The minimum atomic E-state index is -4.24. The van der Waals surface area contributed by atoms with Gasteiger partial charge >= 0.3 is 6.18 Å². The lowest BCUT2D eigenvalue weighted by molar-refractivity contribution is -0.265. The molecule has 0 N–H and O–H groups in total. The summed E-state index contributed by atoms with van der Waals surface area (Å²) in [5.74, 6) is 0. The monoisotopic (exact) mass is 294 g/mol. The van der Waals surface area contributed by atoms with Gasteiger partial charge in [-0.1, -0.05) is 0 Å². The number of rotatable bonds is 2. The van der Waals surface area contributed by atoms with E-state index in [-0.39, 0.29) is 18.0 Å². The van der Waals surface area contributed by atoms with Crippen LogP contribution in [0.4, 0.5) is 23.1 Å². The van der Waals surface area contributed by atoms with Crippen LogP contribution in [0.1, 0.15) is 4.88 Å². The molecule has 0 aromatic carbocycles. The molecule has 0 bridgehead atoms. The standard InChI is InChI=1S/C10H12F3N3O2S/c11-10(12,13)5-7-6-14-8(19-7)15-1-3-16(4-2-15)9(17)18/h6H,1-5H2,(H,17,18)/p-1. The van der Waals surface area contributed by atoms with E-state index in [1.165, 1.54) is 11.1 Å². The summed E-state index contributed by atoms with van der Waals surface area (Å²) in [5, 5.41) is 11.1. The Balaban J connectivity index is 1.95. The molecule has 1 aliphatic heterocycles. The predicted molar refractivity (Wildman–Crippen MR) is 61.1 cm³/mol. The summed E-state index contributed by atoms with van der Waals surface area (Å²) in [6.45, 7) is 1.37. The third-order valence-corrected chi connectivity index (χ3v) is 3.78. The van der Waals surface area contributed by atoms with Crippen LogP contribution in [0, 0.1) is 0 Å². The van der Waals surface area contributed by atoms with Gasteiger partial charge in [-0.25, -0.2) is 4.98 Å². The third-order valence-electron chi connectivity index (χ3n) is 2.72. The molecule has 1 aliphatic rings. The van der Waals surface area contributed by atoms with Gasteiger partial charge in [-0.2, -0.15) is 13.2 Å². The second kappa shape index (κ2) is 5.24. The first-order valence-corrected chi connectivity index (χ1v) is 6.39. The van der Waals surface area contributed by atoms with Crippen molar-refractivity contribution in [2.75, 3.05) is 31.1 Å². The summed E-state index contributed by atoms with van der Waals surface area (Å²) >= 11 is 0.989. The zero-order valence-electron chi connectivity index (χ0n) is 9.81. The van der Waals surface area contributed by atoms with Gasteiger partial charge in [0.2, 0.25) is 0 Å². The molecule has 2 heterocycles. The van der Waals surface area contributed by atoms with E-state index < -0.39 is 18.7 Å². The van der Waals surface area contributed by atoms with Crippen LogP contribution < -0.4 is 10.0 Å². The summed E-state index contributed by atoms with van der Waals surface area (Å²) in [6, 6.07) is 0. The van der Waals surface area contributed by atoms with E-state index in [9.17, 15) is 23.1 Å². The topological polar surface area (TPSA) is 59.5 Å². The number of carboxylic acid groups (broad SMARTS) is 1. The molecule has 1 aromatic heterocycles. The van der Waals surface area contributed by atoms with Crippen LogP contribution >= 0.6 is 11.3 Å². The van der Waals surface area contributed by atoms with Crippen molar-refractivity contribution in [1.29, 1.82) is 0 Å². The SMILES string of the molecule is O=C([O-])N1CCN(c2ncc(CC(F)(F)F)s2)CC1. The molecule has 1 aromatic rings. The van der Waals surface area contributed by atoms with E-state index in [0.717, 1.165) is 11.3 Å². The maximum absolute atomic E-state index is 12.2. The average molecular weight is 294 g/mol. The molecule has 0 spiro atoms. The van der Waals surface area contributed by atoms with E-state index in [0.29, 0.717) is 18.2 Å². The Morgan fingerprint density at radius 3 is 2.53 bits per heavy atom. The lowest BCUT2D eigenvalue weighted by atomic mass is 10.3. The normalized spacial score (nSPS) is 16.8. The van der Waals surface area contributed by atoms with E-state index in [1.54, 1.807) is 4.90 Å². The molecule has 0 atom stereocenters. The second-order valence-electron chi connectivity index (χ2n) is 4.14. The Morgan fingerprint density at radius 2 is 2.00 bits per heavy atom. The Morgan fingerprint density at radius 1 is 1.37 bits per heavy atom. The molecule has 1 fully saturated rings. The maximum Gasteiger partial charge on any atom is 0.393 e. The highest BCUT2D eigenvalue weighted by Crippen LogP contribution is 2.29. The van der Waals surface area contributed by atoms with Gasteiger partial charge in [-0.05, 0) is 0 Å². The van der Waals surface area contributed by atoms with Gasteiger partial charge in [-0.15, -0.1) is 11.3 Å². The van der Waals surface area contributed by atoms with Crippen LogP contribution in [0.15, 0.2) is 6.20 Å². The zero-order chi connectivity index (χ0) is 14.0. The molecular weight excluding hydrogens is 283 g/mol. The van der Waals surface area contributed by atoms with Gasteiger partial charge in [0.05, 0.1) is 6.42 Å². The number of hydrogen-bond donors (Lipinski definition) is 0. The zero-order valence-corrected chi connectivity index (χ0v) is 10.6. The summed E-state index contributed by atoms with van der Waals surface area (Å²) in [6.07, 6.45) is -5.23. The van der Waals surface area contributed by atoms with Crippen molar-refractivity contribution in [3.63, 3.8) is 0 Å². The van der Waals surface area contributed by atoms with E-state index in [1.807, 2.05) is 0 Å². The Bertz CT molecular complexity index is 455. The minimum Gasteiger partial charge on any atom is -0.530 e. The number of anilines is 1. The summed E-state index contributed by atoms with van der Waals surface area (Å²) in [4.78, 5) is 17.7. The predicted octanol–water partition coefficient (Wildman–Crippen LogP) is 0.713. The smallest absolute Gasteiger partial charge is 0.393 e. The molecule has 1 amide bonds. The van der Waals surface area contributed by atoms with Crippen LogP contribution in [0.5, 0.6) is 0 Å². The van der Waals surface area contributed by atoms with E-state index in [4.69, 9.17) is 0 Å². The number of piperazine rings is 1. The maximum atomic E-state index is 12.2. The molecule has 5 nitrogen and oxygen atoms in total. The average Bonchev–Trinajstić information content (AvgIpc) is 2.75. The minimum absolute atomic E-state index is 0.157. The summed E-state index contributed by atoms with van der Waals surface area (Å²) in [7, 11) is 0. The largest absolute Gasteiger partial charge is 0.530 e. The fourth-order valence-electron chi connectivity index (χ4n) is 1.80. The molecule has 0 radical (unpaired) electrons. The Hall–Kier alpha value is -1.51. The van der Waals surface area contributed by atoms with Crippen molar-refractivity contribution in [2.24, 2.45) is 0 Å². The number of thiazole rings is 1. The molecule has 1 saturated heterocycles. The molecule has 2 rings (SSSR count). The molecule has 0 aliphatic carbocycles. The van der Waals surface area contributed by atoms with Gasteiger partial charge in [0.15, 0.2) is 5.13 Å². The number of carbonyl (C=O) groups excluding carboxylic acids is 1. The van der Waals surface area contributed by atoms with Crippen LogP contribution in [-0.4, -0.2) is 48.3 Å². The first-order chi connectivity index (χ1) is 8.85. The molecule has 106 valence electrons. The number of carbonyl (C=O) groups is 1. The first-order valence-electron chi connectivity index (χ1n) is 5.57. The number of alkyl halides is 3. The van der Waals surface area contributed by atoms with Gasteiger partial charge in [0, 0.05) is 37.3 Å². The highest BCUT2D eigenvalue weighted by molar-refractivity contribution is 7.15. The lowest BCUT2D eigenvalue weighted by Gasteiger charge is -2.35. The fraction of sp³-hybridized carbons (Fsp3) is 0.600. The van der Waals surface area contributed by atoms with Crippen molar-refractivity contribution in [3.8, 4) is 0 Å². The quantitative estimate of drug-likeness (QED) is 0.806. The molecular formula is C10H11F3N3O2S-. The Labute approximate surface area is 111 Å². The highest BCUT2D eigenvalue weighted by atomic mass is 32.1. The van der Waals surface area contributed by atoms with Crippen LogP contribution in [0.2, 0.25) is 0 Å². The number of amides is 1. The number of halogens is 3. The van der Waals surface area contributed by atoms with Crippen molar-refractivity contribution < 1.29 is 23.1 Å². The molecule has 0 unspecified atom stereocenters. The van der Waals surface area contributed by atoms with Crippen LogP contribution in [0.3, 0.4) is 0 Å². The number of nitrogens with zero attached hydrogens (tertiary/aromatic N) is 3. The highest BCUT2D eigenvalue weighted by Gasteiger charge is 2.29. The Kier molecular flexibility index (Phi) is 3.83. The van der Waals surface area contributed by atoms with Gasteiger partial charge in [-0.3, -0.25) is 0 Å². The fourth-order valence-corrected chi connectivity index (χ4v) is 2.80. The van der Waals surface area contributed by atoms with Crippen molar-refractivity contribution in [1.82, 2.24) is 9.88 Å². The van der Waals surface area contributed by atoms with E-state index in [2.05, 4.69) is 4.98 Å². The van der Waals surface area contributed by atoms with Gasteiger partial charge in [0.1, 0.15) is 6.09 Å². The van der Waals surface area contributed by atoms with Crippen molar-refractivity contribution in [3.05, 3.63) is 11.1 Å². The lowest BCUT2D eigenvalue weighted by Crippen LogP contribution is -2.52. The summed E-state index contributed by atoms with van der Waals surface area (Å²) < 4.78 is 36.7. The van der Waals surface area contributed by atoms with Gasteiger partial charge < -0.3 is 19.7 Å². The van der Waals surface area contributed by atoms with Crippen LogP contribution in [0.25, 0.3) is 0 Å². The second-order valence-corrected chi connectivity index (χ2v) is 5.23. The summed E-state index contributed by atoms with van der Waals surface area (Å²) in [5.41, 5.74) is 0. The van der Waals surface area contributed by atoms with Crippen molar-refractivity contribution in [2.45, 2.75) is 12.6 Å². The van der Waals surface area contributed by atoms with Crippen LogP contribution in [-0.2, 0) is 6.42 Å².